The van der Waals surface area contributed by atoms with Crippen LogP contribution in [0.2, 0.25) is 0 Å². The Balaban J connectivity index is 2.30. The Bertz CT molecular complexity index is 514. The molecule has 118 valence electrons. The van der Waals surface area contributed by atoms with Gasteiger partial charge in [-0.25, -0.2) is 0 Å². The number of hydrogen-bond donors (Lipinski definition) is 1. The van der Waals surface area contributed by atoms with Crippen LogP contribution >= 0.6 is 0 Å². The van der Waals surface area contributed by atoms with Gasteiger partial charge in [-0.3, -0.25) is 0 Å². The van der Waals surface area contributed by atoms with Gasteiger partial charge in [0.05, 0.1) is 6.04 Å². The lowest BCUT2D eigenvalue weighted by atomic mass is 10.0. The summed E-state index contributed by atoms with van der Waals surface area (Å²) in [6.45, 7) is 5.37. The van der Waals surface area contributed by atoms with Crippen molar-refractivity contribution in [2.24, 2.45) is 5.73 Å². The Morgan fingerprint density at radius 1 is 1.38 bits per heavy atom. The molecule has 2 atom stereocenters. The van der Waals surface area contributed by atoms with Crippen LogP contribution in [0.15, 0.2) is 18.2 Å². The Morgan fingerprint density at radius 3 is 2.62 bits per heavy atom. The van der Waals surface area contributed by atoms with E-state index in [0.29, 0.717) is 12.2 Å². The number of ether oxygens (including phenoxy) is 2. The second kappa shape index (κ2) is 5.40. The normalized spacial score (nSPS) is 19.6. The minimum atomic E-state index is -4.52. The first-order valence-corrected chi connectivity index (χ1v) is 6.94. The summed E-state index contributed by atoms with van der Waals surface area (Å²) in [4.78, 5) is 0. The van der Waals surface area contributed by atoms with E-state index in [1.54, 1.807) is 13.0 Å². The first-order chi connectivity index (χ1) is 9.64. The molecule has 1 aromatic carbocycles. The Morgan fingerprint density at radius 2 is 2.05 bits per heavy atom. The van der Waals surface area contributed by atoms with Crippen LogP contribution in [-0.2, 0) is 6.42 Å². The van der Waals surface area contributed by atoms with Crippen LogP contribution in [-0.4, -0.2) is 23.9 Å². The third-order valence-electron chi connectivity index (χ3n) is 3.49. The highest BCUT2D eigenvalue weighted by molar-refractivity contribution is 5.50. The maximum atomic E-state index is 13.1. The predicted octanol–water partition coefficient (Wildman–Crippen LogP) is 3.45. The van der Waals surface area contributed by atoms with Gasteiger partial charge in [0.1, 0.15) is 5.60 Å². The first-order valence-electron chi connectivity index (χ1n) is 6.94. The molecule has 0 fully saturated rings. The monoisotopic (exact) mass is 303 g/mol. The molecule has 2 N–H and O–H groups in total. The summed E-state index contributed by atoms with van der Waals surface area (Å²) >= 11 is 0. The minimum Gasteiger partial charge on any atom is -0.483 e. The molecule has 0 amide bonds. The Labute approximate surface area is 122 Å². The molecule has 0 saturated carbocycles. The minimum absolute atomic E-state index is 0.101. The smallest absolute Gasteiger partial charge is 0.426 e. The van der Waals surface area contributed by atoms with Crippen molar-refractivity contribution >= 4 is 0 Å². The molecule has 0 aliphatic carbocycles. The van der Waals surface area contributed by atoms with Gasteiger partial charge in [0.2, 0.25) is 6.10 Å². The van der Waals surface area contributed by atoms with Crippen molar-refractivity contribution in [3.8, 4) is 11.5 Å². The van der Waals surface area contributed by atoms with Crippen molar-refractivity contribution in [3.05, 3.63) is 23.8 Å². The second-order valence-corrected chi connectivity index (χ2v) is 5.94. The Kier molecular flexibility index (Phi) is 4.10. The summed E-state index contributed by atoms with van der Waals surface area (Å²) < 4.78 is 50.2. The van der Waals surface area contributed by atoms with Gasteiger partial charge in [0.25, 0.3) is 0 Å². The van der Waals surface area contributed by atoms with Crippen molar-refractivity contribution in [2.45, 2.75) is 57.5 Å². The van der Waals surface area contributed by atoms with Crippen LogP contribution in [0.4, 0.5) is 13.2 Å². The molecule has 1 aliphatic rings. The zero-order valence-electron chi connectivity index (χ0n) is 12.3. The third kappa shape index (κ3) is 3.43. The van der Waals surface area contributed by atoms with E-state index < -0.39 is 23.9 Å². The fourth-order valence-electron chi connectivity index (χ4n) is 2.43. The van der Waals surface area contributed by atoms with Crippen LogP contribution < -0.4 is 15.2 Å². The van der Waals surface area contributed by atoms with E-state index in [1.807, 2.05) is 19.9 Å². The van der Waals surface area contributed by atoms with Crippen LogP contribution in [0, 0.1) is 0 Å². The first kappa shape index (κ1) is 15.9. The van der Waals surface area contributed by atoms with Crippen molar-refractivity contribution in [3.63, 3.8) is 0 Å². The summed E-state index contributed by atoms with van der Waals surface area (Å²) in [5.41, 5.74) is 5.97. The van der Waals surface area contributed by atoms with Crippen molar-refractivity contribution < 1.29 is 22.6 Å². The Hall–Kier alpha value is -1.43. The third-order valence-corrected chi connectivity index (χ3v) is 3.49. The van der Waals surface area contributed by atoms with Crippen molar-refractivity contribution in [1.29, 1.82) is 0 Å². The lowest BCUT2D eigenvalue weighted by Crippen LogP contribution is -2.48. The van der Waals surface area contributed by atoms with E-state index >= 15 is 0 Å². The van der Waals surface area contributed by atoms with E-state index in [4.69, 9.17) is 15.2 Å². The number of nitrogens with two attached hydrogens (primary N) is 1. The van der Waals surface area contributed by atoms with Crippen LogP contribution in [0.5, 0.6) is 11.5 Å². The van der Waals surface area contributed by atoms with E-state index in [-0.39, 0.29) is 12.2 Å². The average Bonchev–Trinajstić information content (AvgIpc) is 2.68. The number of alkyl halides is 3. The van der Waals surface area contributed by atoms with E-state index in [0.717, 1.165) is 5.56 Å². The molecule has 6 heteroatoms. The topological polar surface area (TPSA) is 44.5 Å². The highest BCUT2D eigenvalue weighted by Gasteiger charge is 2.46. The molecule has 2 unspecified atom stereocenters. The van der Waals surface area contributed by atoms with Gasteiger partial charge < -0.3 is 15.2 Å². The molecule has 0 radical (unpaired) electrons. The number of fused-ring (bicyclic) bond motifs is 1. The second-order valence-electron chi connectivity index (χ2n) is 5.94. The van der Waals surface area contributed by atoms with E-state index in [2.05, 4.69) is 0 Å². The SMILES string of the molecule is CCC(N)C(Oc1cccc2c1OC(C)(C)C2)C(F)(F)F. The lowest BCUT2D eigenvalue weighted by Gasteiger charge is -2.27. The molecule has 1 aromatic rings. The largest absolute Gasteiger partial charge is 0.483 e. The van der Waals surface area contributed by atoms with Gasteiger partial charge in [-0.1, -0.05) is 19.1 Å². The predicted molar refractivity (Wildman–Crippen MR) is 73.6 cm³/mol. The molecular weight excluding hydrogens is 283 g/mol. The maximum Gasteiger partial charge on any atom is 0.426 e. The van der Waals surface area contributed by atoms with E-state index in [9.17, 15) is 13.2 Å². The fourth-order valence-corrected chi connectivity index (χ4v) is 2.43. The standard InChI is InChI=1S/C15H20F3NO2/c1-4-10(19)13(15(16,17)18)20-11-7-5-6-9-8-14(2,3)21-12(9)11/h5-7,10,13H,4,8,19H2,1-3H3. The number of hydrogen-bond acceptors (Lipinski definition) is 3. The molecule has 0 spiro atoms. The molecule has 1 heterocycles. The molecule has 21 heavy (non-hydrogen) atoms. The number of para-hydroxylation sites is 1. The summed E-state index contributed by atoms with van der Waals surface area (Å²) in [6.07, 6.45) is -5.75. The molecule has 3 nitrogen and oxygen atoms in total. The summed E-state index contributed by atoms with van der Waals surface area (Å²) in [5.74, 6) is 0.490. The lowest BCUT2D eigenvalue weighted by molar-refractivity contribution is -0.201. The van der Waals surface area contributed by atoms with Gasteiger partial charge in [-0.2, -0.15) is 13.2 Å². The van der Waals surface area contributed by atoms with Crippen molar-refractivity contribution in [1.82, 2.24) is 0 Å². The van der Waals surface area contributed by atoms with Gasteiger partial charge in [0, 0.05) is 12.0 Å². The van der Waals surface area contributed by atoms with Crippen LogP contribution in [0.3, 0.4) is 0 Å². The van der Waals surface area contributed by atoms with Crippen LogP contribution in [0.1, 0.15) is 32.8 Å². The average molecular weight is 303 g/mol. The molecule has 0 saturated heterocycles. The van der Waals surface area contributed by atoms with Gasteiger partial charge in [-0.05, 0) is 26.3 Å². The zero-order valence-corrected chi connectivity index (χ0v) is 12.3. The molecular formula is C15H20F3NO2. The summed E-state index contributed by atoms with van der Waals surface area (Å²) in [7, 11) is 0. The van der Waals surface area contributed by atoms with Crippen LogP contribution in [0.25, 0.3) is 0 Å². The molecule has 0 aromatic heterocycles. The quantitative estimate of drug-likeness (QED) is 0.926. The van der Waals surface area contributed by atoms with Crippen molar-refractivity contribution in [2.75, 3.05) is 0 Å². The van der Waals surface area contributed by atoms with Gasteiger partial charge in [-0.15, -0.1) is 0 Å². The van der Waals surface area contributed by atoms with Gasteiger partial charge in [0.15, 0.2) is 11.5 Å². The highest BCUT2D eigenvalue weighted by atomic mass is 19.4. The van der Waals surface area contributed by atoms with Gasteiger partial charge >= 0.3 is 6.18 Å². The number of rotatable bonds is 4. The number of halogens is 3. The fraction of sp³-hybridized carbons (Fsp3) is 0.600. The maximum absolute atomic E-state index is 13.1. The van der Waals surface area contributed by atoms with E-state index in [1.165, 1.54) is 6.07 Å². The molecule has 0 bridgehead atoms. The molecule has 2 rings (SSSR count). The highest BCUT2D eigenvalue weighted by Crippen LogP contribution is 2.43. The number of benzene rings is 1. The zero-order chi connectivity index (χ0) is 15.8. The molecule has 1 aliphatic heterocycles. The summed E-state index contributed by atoms with van der Waals surface area (Å²) in [6, 6.07) is 3.88. The summed E-state index contributed by atoms with van der Waals surface area (Å²) in [5, 5.41) is 0.